The number of anilines is 1. The Labute approximate surface area is 115 Å². The minimum Gasteiger partial charge on any atom is -0.383 e. The van der Waals surface area contributed by atoms with Gasteiger partial charge >= 0.3 is 0 Å². The van der Waals surface area contributed by atoms with Crippen LogP contribution < -0.4 is 5.32 Å². The van der Waals surface area contributed by atoms with Crippen LogP contribution in [0.2, 0.25) is 0 Å². The Balaban J connectivity index is 1.66. The van der Waals surface area contributed by atoms with Gasteiger partial charge in [0.1, 0.15) is 0 Å². The molecule has 4 unspecified atom stereocenters. The molecule has 2 saturated carbocycles. The topological polar surface area (TPSA) is 39.1 Å². The summed E-state index contributed by atoms with van der Waals surface area (Å²) in [5.41, 5.74) is 0. The first-order valence-electron chi connectivity index (χ1n) is 7.55. The van der Waals surface area contributed by atoms with Gasteiger partial charge in [-0.25, -0.2) is 4.98 Å². The number of rotatable bonds is 6. The fourth-order valence-corrected chi connectivity index (χ4v) is 4.13. The Bertz CT molecular complexity index is 417. The maximum atomic E-state index is 5.08. The summed E-state index contributed by atoms with van der Waals surface area (Å²) in [7, 11) is 1.73. The molecule has 0 saturated heterocycles. The second-order valence-corrected chi connectivity index (χ2v) is 6.16. The van der Waals surface area contributed by atoms with Crippen molar-refractivity contribution in [2.24, 2.45) is 17.8 Å². The second kappa shape index (κ2) is 5.53. The molecule has 19 heavy (non-hydrogen) atoms. The molecule has 2 bridgehead atoms. The maximum Gasteiger partial charge on any atom is 0.203 e. The zero-order valence-corrected chi connectivity index (χ0v) is 12.0. The van der Waals surface area contributed by atoms with Crippen molar-refractivity contribution in [2.45, 2.75) is 38.6 Å². The Morgan fingerprint density at radius 1 is 1.47 bits per heavy atom. The summed E-state index contributed by atoms with van der Waals surface area (Å²) >= 11 is 0. The van der Waals surface area contributed by atoms with Crippen LogP contribution in [-0.4, -0.2) is 29.8 Å². The van der Waals surface area contributed by atoms with E-state index >= 15 is 0 Å². The molecule has 1 aromatic rings. The van der Waals surface area contributed by atoms with Crippen molar-refractivity contribution in [1.82, 2.24) is 9.55 Å². The Morgan fingerprint density at radius 2 is 2.37 bits per heavy atom. The van der Waals surface area contributed by atoms with Crippen LogP contribution in [0, 0.1) is 17.8 Å². The van der Waals surface area contributed by atoms with E-state index in [9.17, 15) is 0 Å². The van der Waals surface area contributed by atoms with Crippen LogP contribution in [0.3, 0.4) is 0 Å². The summed E-state index contributed by atoms with van der Waals surface area (Å²) < 4.78 is 7.40. The molecule has 3 rings (SSSR count). The molecule has 2 aliphatic carbocycles. The van der Waals surface area contributed by atoms with Crippen LogP contribution in [0.1, 0.15) is 38.6 Å². The van der Waals surface area contributed by atoms with E-state index in [2.05, 4.69) is 28.0 Å². The van der Waals surface area contributed by atoms with E-state index in [-0.39, 0.29) is 0 Å². The summed E-state index contributed by atoms with van der Waals surface area (Å²) in [6.45, 7) is 3.89. The van der Waals surface area contributed by atoms with Crippen molar-refractivity contribution < 1.29 is 4.74 Å². The van der Waals surface area contributed by atoms with E-state index < -0.39 is 0 Å². The summed E-state index contributed by atoms with van der Waals surface area (Å²) in [6, 6.07) is 0.558. The Morgan fingerprint density at radius 3 is 3.05 bits per heavy atom. The highest BCUT2D eigenvalue weighted by Crippen LogP contribution is 2.52. The molecular weight excluding hydrogens is 238 g/mol. The van der Waals surface area contributed by atoms with Crippen molar-refractivity contribution in [1.29, 1.82) is 0 Å². The first-order chi connectivity index (χ1) is 9.29. The Hall–Kier alpha value is -1.03. The number of fused-ring (bicyclic) bond motifs is 2. The summed E-state index contributed by atoms with van der Waals surface area (Å²) in [5.74, 6) is 3.79. The third-order valence-corrected chi connectivity index (χ3v) is 5.11. The standard InChI is InChI=1S/C15H25N3O/c1-11(14-10-12-3-4-13(14)9-12)18-7-5-16-15(18)17-6-8-19-2/h5,7,11-14H,3-4,6,8-10H2,1-2H3,(H,16,17). The molecule has 0 aliphatic heterocycles. The lowest BCUT2D eigenvalue weighted by molar-refractivity contribution is 0.210. The lowest BCUT2D eigenvalue weighted by Gasteiger charge is -2.29. The first-order valence-corrected chi connectivity index (χ1v) is 7.55. The predicted molar refractivity (Wildman–Crippen MR) is 76.2 cm³/mol. The zero-order chi connectivity index (χ0) is 13.2. The number of ether oxygens (including phenoxy) is 1. The number of hydrogen-bond donors (Lipinski definition) is 1. The monoisotopic (exact) mass is 263 g/mol. The fourth-order valence-electron chi connectivity index (χ4n) is 4.13. The van der Waals surface area contributed by atoms with Crippen molar-refractivity contribution in [2.75, 3.05) is 25.6 Å². The highest BCUT2D eigenvalue weighted by atomic mass is 16.5. The molecule has 0 amide bonds. The first kappa shape index (κ1) is 13.0. The molecule has 4 heteroatoms. The molecule has 0 radical (unpaired) electrons. The van der Waals surface area contributed by atoms with Gasteiger partial charge in [0.25, 0.3) is 0 Å². The number of methoxy groups -OCH3 is 1. The van der Waals surface area contributed by atoms with Crippen LogP contribution in [0.25, 0.3) is 0 Å². The summed E-state index contributed by atoms with van der Waals surface area (Å²) in [5, 5.41) is 3.37. The van der Waals surface area contributed by atoms with Gasteiger partial charge < -0.3 is 14.6 Å². The average molecular weight is 263 g/mol. The van der Waals surface area contributed by atoms with E-state index in [1.807, 2.05) is 6.20 Å². The SMILES string of the molecule is COCCNc1nccn1C(C)C1CC2CCC1C2. The van der Waals surface area contributed by atoms with Crippen LogP contribution in [0.15, 0.2) is 12.4 Å². The molecule has 1 aromatic heterocycles. The van der Waals surface area contributed by atoms with Crippen molar-refractivity contribution in [3.63, 3.8) is 0 Å². The van der Waals surface area contributed by atoms with E-state index in [4.69, 9.17) is 4.74 Å². The van der Waals surface area contributed by atoms with Crippen LogP contribution in [0.5, 0.6) is 0 Å². The van der Waals surface area contributed by atoms with Crippen molar-refractivity contribution in [3.8, 4) is 0 Å². The molecule has 4 nitrogen and oxygen atoms in total. The average Bonchev–Trinajstić information content (AvgIpc) is 3.14. The normalized spacial score (nSPS) is 30.7. The van der Waals surface area contributed by atoms with Gasteiger partial charge in [0, 0.05) is 32.1 Å². The van der Waals surface area contributed by atoms with Gasteiger partial charge in [-0.3, -0.25) is 0 Å². The molecule has 1 heterocycles. The smallest absolute Gasteiger partial charge is 0.203 e. The number of imidazole rings is 1. The van der Waals surface area contributed by atoms with E-state index in [0.29, 0.717) is 6.04 Å². The summed E-state index contributed by atoms with van der Waals surface area (Å²) in [4.78, 5) is 4.44. The highest BCUT2D eigenvalue weighted by Gasteiger charge is 2.42. The highest BCUT2D eigenvalue weighted by molar-refractivity contribution is 5.26. The van der Waals surface area contributed by atoms with Crippen LogP contribution >= 0.6 is 0 Å². The number of aromatic nitrogens is 2. The number of nitrogens with one attached hydrogen (secondary N) is 1. The minimum absolute atomic E-state index is 0.558. The maximum absolute atomic E-state index is 5.08. The summed E-state index contributed by atoms with van der Waals surface area (Å²) in [6.07, 6.45) is 9.82. The van der Waals surface area contributed by atoms with Crippen molar-refractivity contribution >= 4 is 5.95 Å². The molecule has 2 aliphatic rings. The van der Waals surface area contributed by atoms with Gasteiger partial charge in [0.2, 0.25) is 5.95 Å². The molecule has 2 fully saturated rings. The van der Waals surface area contributed by atoms with Crippen LogP contribution in [0.4, 0.5) is 5.95 Å². The van der Waals surface area contributed by atoms with Crippen LogP contribution in [-0.2, 0) is 4.74 Å². The van der Waals surface area contributed by atoms with Gasteiger partial charge in [-0.1, -0.05) is 6.42 Å². The zero-order valence-electron chi connectivity index (χ0n) is 12.0. The van der Waals surface area contributed by atoms with Gasteiger partial charge in [0.15, 0.2) is 0 Å². The largest absolute Gasteiger partial charge is 0.383 e. The van der Waals surface area contributed by atoms with E-state index in [1.54, 1.807) is 7.11 Å². The molecule has 4 atom stereocenters. The van der Waals surface area contributed by atoms with Gasteiger partial charge in [-0.05, 0) is 43.9 Å². The lowest BCUT2D eigenvalue weighted by Crippen LogP contribution is -2.23. The minimum atomic E-state index is 0.558. The van der Waals surface area contributed by atoms with Gasteiger partial charge in [-0.15, -0.1) is 0 Å². The quantitative estimate of drug-likeness (QED) is 0.802. The lowest BCUT2D eigenvalue weighted by atomic mass is 9.84. The number of nitrogens with zero attached hydrogens (tertiary/aromatic N) is 2. The van der Waals surface area contributed by atoms with Gasteiger partial charge in [-0.2, -0.15) is 0 Å². The second-order valence-electron chi connectivity index (χ2n) is 6.16. The third kappa shape index (κ3) is 2.50. The molecule has 0 aromatic carbocycles. The van der Waals surface area contributed by atoms with Crippen molar-refractivity contribution in [3.05, 3.63) is 12.4 Å². The van der Waals surface area contributed by atoms with E-state index in [1.165, 1.54) is 25.7 Å². The predicted octanol–water partition coefficient (Wildman–Crippen LogP) is 2.94. The molecule has 106 valence electrons. The van der Waals surface area contributed by atoms with Gasteiger partial charge in [0.05, 0.1) is 6.61 Å². The molecule has 1 N–H and O–H groups in total. The third-order valence-electron chi connectivity index (χ3n) is 5.11. The van der Waals surface area contributed by atoms with E-state index in [0.717, 1.165) is 36.9 Å². The Kier molecular flexibility index (Phi) is 3.78. The number of hydrogen-bond acceptors (Lipinski definition) is 3. The fraction of sp³-hybridized carbons (Fsp3) is 0.800. The molecular formula is C15H25N3O. The molecule has 0 spiro atoms.